The van der Waals surface area contributed by atoms with Gasteiger partial charge in [0, 0.05) is 12.8 Å². The van der Waals surface area contributed by atoms with Crippen LogP contribution in [0, 0.1) is 0 Å². The minimum atomic E-state index is -0.810. The van der Waals surface area contributed by atoms with E-state index in [1.807, 2.05) is 0 Å². The smallest absolute Gasteiger partial charge is 0.321 e. The molecule has 0 amide bonds. The molecule has 2 heterocycles. The summed E-state index contributed by atoms with van der Waals surface area (Å²) in [5.41, 5.74) is 0.902. The van der Waals surface area contributed by atoms with Crippen LogP contribution in [0.1, 0.15) is 11.1 Å². The predicted octanol–water partition coefficient (Wildman–Crippen LogP) is -0.397. The van der Waals surface area contributed by atoms with E-state index in [0.717, 1.165) is 5.69 Å². The molecule has 0 spiro atoms. The summed E-state index contributed by atoms with van der Waals surface area (Å²) in [6.07, 6.45) is 1.65. The first-order chi connectivity index (χ1) is 6.68. The van der Waals surface area contributed by atoms with Gasteiger partial charge in [0.25, 0.3) is 0 Å². The van der Waals surface area contributed by atoms with E-state index in [0.29, 0.717) is 5.75 Å². The second-order valence-electron chi connectivity index (χ2n) is 3.05. The monoisotopic (exact) mass is 214 g/mol. The molecule has 1 aromatic heterocycles. The maximum Gasteiger partial charge on any atom is 0.321 e. The number of nitrogens with zero attached hydrogens (tertiary/aromatic N) is 3. The van der Waals surface area contributed by atoms with Crippen LogP contribution in [0.5, 0.6) is 0 Å². The van der Waals surface area contributed by atoms with Crippen LogP contribution in [0.3, 0.4) is 0 Å². The Kier molecular flexibility index (Phi) is 2.42. The van der Waals surface area contributed by atoms with Crippen molar-refractivity contribution in [2.45, 2.75) is 11.4 Å². The zero-order chi connectivity index (χ0) is 10.1. The molecule has 2 atom stereocenters. The number of carboxylic acid groups (broad SMARTS) is 1. The van der Waals surface area contributed by atoms with Crippen molar-refractivity contribution < 1.29 is 9.90 Å². The van der Waals surface area contributed by atoms with Crippen LogP contribution in [0.15, 0.2) is 6.20 Å². The standard InChI is InChI=1S/C7H10N4O2S/c1-11-5(2-8-10-11)6-9-4(3-14-6)7(12)13/h2,4,6,9H,3H2,1H3,(H,12,13)/t4-,6?/m1/s1. The molecular formula is C7H10N4O2S. The first kappa shape index (κ1) is 9.47. The lowest BCUT2D eigenvalue weighted by molar-refractivity contribution is -0.138. The van der Waals surface area contributed by atoms with Crippen molar-refractivity contribution in [3.05, 3.63) is 11.9 Å². The minimum absolute atomic E-state index is 0.0175. The molecule has 14 heavy (non-hydrogen) atoms. The maximum absolute atomic E-state index is 10.7. The lowest BCUT2D eigenvalue weighted by Crippen LogP contribution is -2.34. The summed E-state index contributed by atoms with van der Waals surface area (Å²) in [7, 11) is 1.79. The van der Waals surface area contributed by atoms with E-state index >= 15 is 0 Å². The van der Waals surface area contributed by atoms with Gasteiger partial charge in [0.15, 0.2) is 0 Å². The van der Waals surface area contributed by atoms with Crippen LogP contribution in [0.4, 0.5) is 0 Å². The lowest BCUT2D eigenvalue weighted by Gasteiger charge is -2.09. The molecule has 76 valence electrons. The third kappa shape index (κ3) is 1.60. The number of nitrogens with one attached hydrogen (secondary N) is 1. The second-order valence-corrected chi connectivity index (χ2v) is 4.19. The van der Waals surface area contributed by atoms with E-state index in [-0.39, 0.29) is 5.37 Å². The van der Waals surface area contributed by atoms with Crippen LogP contribution in [-0.2, 0) is 11.8 Å². The molecule has 0 aromatic carbocycles. The average molecular weight is 214 g/mol. The fraction of sp³-hybridized carbons (Fsp3) is 0.571. The molecule has 7 heteroatoms. The van der Waals surface area contributed by atoms with E-state index in [1.165, 1.54) is 0 Å². The molecule has 0 radical (unpaired) electrons. The van der Waals surface area contributed by atoms with E-state index < -0.39 is 12.0 Å². The van der Waals surface area contributed by atoms with Crippen LogP contribution >= 0.6 is 11.8 Å². The molecule has 6 nitrogen and oxygen atoms in total. The van der Waals surface area contributed by atoms with Crippen LogP contribution in [0.2, 0.25) is 0 Å². The highest BCUT2D eigenvalue weighted by atomic mass is 32.2. The van der Waals surface area contributed by atoms with Crippen molar-refractivity contribution in [3.8, 4) is 0 Å². The first-order valence-electron chi connectivity index (χ1n) is 4.13. The zero-order valence-corrected chi connectivity index (χ0v) is 8.36. The van der Waals surface area contributed by atoms with Gasteiger partial charge in [-0.05, 0) is 0 Å². The average Bonchev–Trinajstić information content (AvgIpc) is 2.71. The van der Waals surface area contributed by atoms with E-state index in [4.69, 9.17) is 5.11 Å². The molecule has 1 aromatic rings. The van der Waals surface area contributed by atoms with E-state index in [9.17, 15) is 4.79 Å². The largest absolute Gasteiger partial charge is 0.480 e. The van der Waals surface area contributed by atoms with Crippen molar-refractivity contribution in [1.29, 1.82) is 0 Å². The van der Waals surface area contributed by atoms with Crippen LogP contribution in [-0.4, -0.2) is 37.9 Å². The van der Waals surface area contributed by atoms with Gasteiger partial charge < -0.3 is 5.11 Å². The molecule has 1 fully saturated rings. The van der Waals surface area contributed by atoms with Gasteiger partial charge in [-0.2, -0.15) is 0 Å². The molecule has 0 aliphatic carbocycles. The van der Waals surface area contributed by atoms with Gasteiger partial charge in [0.1, 0.15) is 6.04 Å². The van der Waals surface area contributed by atoms with Crippen molar-refractivity contribution >= 4 is 17.7 Å². The Labute approximate surface area is 84.7 Å². The topological polar surface area (TPSA) is 80.0 Å². The number of carbonyl (C=O) groups is 1. The Bertz CT molecular complexity index is 353. The fourth-order valence-electron chi connectivity index (χ4n) is 1.32. The molecule has 2 N–H and O–H groups in total. The summed E-state index contributed by atoms with van der Waals surface area (Å²) in [6, 6.07) is -0.472. The molecule has 1 saturated heterocycles. The third-order valence-electron chi connectivity index (χ3n) is 2.10. The summed E-state index contributed by atoms with van der Waals surface area (Å²) >= 11 is 1.56. The molecular weight excluding hydrogens is 204 g/mol. The Balaban J connectivity index is 2.10. The normalized spacial score (nSPS) is 26.6. The molecule has 2 rings (SSSR count). The Morgan fingerprint density at radius 2 is 2.64 bits per heavy atom. The number of carboxylic acids is 1. The number of aliphatic carboxylic acids is 1. The highest BCUT2D eigenvalue weighted by molar-refractivity contribution is 7.99. The first-order valence-corrected chi connectivity index (χ1v) is 5.18. The van der Waals surface area contributed by atoms with Gasteiger partial charge in [0.2, 0.25) is 0 Å². The Hall–Kier alpha value is -1.08. The summed E-state index contributed by atoms with van der Waals surface area (Å²) in [5.74, 6) is -0.235. The summed E-state index contributed by atoms with van der Waals surface area (Å²) in [5, 5.41) is 19.3. The van der Waals surface area contributed by atoms with Crippen LogP contribution in [0.25, 0.3) is 0 Å². The highest BCUT2D eigenvalue weighted by Gasteiger charge is 2.31. The SMILES string of the molecule is Cn1nncc1C1N[C@@H](C(=O)O)CS1. The van der Waals surface area contributed by atoms with E-state index in [1.54, 1.807) is 29.7 Å². The van der Waals surface area contributed by atoms with Crippen molar-refractivity contribution in [1.82, 2.24) is 20.3 Å². The third-order valence-corrected chi connectivity index (χ3v) is 3.34. The summed E-state index contributed by atoms with van der Waals surface area (Å²) in [6.45, 7) is 0. The minimum Gasteiger partial charge on any atom is -0.480 e. The number of hydrogen-bond acceptors (Lipinski definition) is 5. The number of thioether (sulfide) groups is 1. The Morgan fingerprint density at radius 1 is 1.86 bits per heavy atom. The van der Waals surface area contributed by atoms with Gasteiger partial charge in [-0.3, -0.25) is 10.1 Å². The van der Waals surface area contributed by atoms with Crippen molar-refractivity contribution in [2.75, 3.05) is 5.75 Å². The number of hydrogen-bond donors (Lipinski definition) is 2. The highest BCUT2D eigenvalue weighted by Crippen LogP contribution is 2.31. The van der Waals surface area contributed by atoms with Gasteiger partial charge >= 0.3 is 5.97 Å². The summed E-state index contributed by atoms with van der Waals surface area (Å²) < 4.78 is 1.65. The quantitative estimate of drug-likeness (QED) is 0.697. The number of aromatic nitrogens is 3. The Morgan fingerprint density at radius 3 is 3.14 bits per heavy atom. The molecule has 0 bridgehead atoms. The number of rotatable bonds is 2. The number of aryl methyl sites for hydroxylation is 1. The fourth-order valence-corrected chi connectivity index (χ4v) is 2.59. The predicted molar refractivity (Wildman–Crippen MR) is 50.8 cm³/mol. The molecule has 1 aliphatic rings. The van der Waals surface area contributed by atoms with Crippen molar-refractivity contribution in [2.24, 2.45) is 7.05 Å². The van der Waals surface area contributed by atoms with E-state index in [2.05, 4.69) is 15.6 Å². The molecule has 0 saturated carbocycles. The van der Waals surface area contributed by atoms with Gasteiger partial charge in [-0.15, -0.1) is 16.9 Å². The van der Waals surface area contributed by atoms with Gasteiger partial charge in [-0.25, -0.2) is 4.68 Å². The van der Waals surface area contributed by atoms with Gasteiger partial charge in [-0.1, -0.05) is 5.21 Å². The lowest BCUT2D eigenvalue weighted by atomic mass is 10.3. The van der Waals surface area contributed by atoms with Gasteiger partial charge in [0.05, 0.1) is 17.3 Å². The molecule has 1 aliphatic heterocycles. The zero-order valence-electron chi connectivity index (χ0n) is 7.54. The summed E-state index contributed by atoms with van der Waals surface area (Å²) in [4.78, 5) is 10.7. The maximum atomic E-state index is 10.7. The van der Waals surface area contributed by atoms with Crippen molar-refractivity contribution in [3.63, 3.8) is 0 Å². The van der Waals surface area contributed by atoms with Crippen LogP contribution < -0.4 is 5.32 Å². The second kappa shape index (κ2) is 3.58. The molecule has 1 unspecified atom stereocenters.